The Balaban J connectivity index is 2.55. The Morgan fingerprint density at radius 1 is 1.06 bits per heavy atom. The Morgan fingerprint density at radius 2 is 1.72 bits per heavy atom. The van der Waals surface area contributed by atoms with E-state index in [1.807, 2.05) is 18.2 Å². The number of nitrogens with zero attached hydrogens (tertiary/aromatic N) is 2. The van der Waals surface area contributed by atoms with Crippen LogP contribution in [0.3, 0.4) is 0 Å². The molecule has 2 rings (SSSR count). The van der Waals surface area contributed by atoms with E-state index in [0.29, 0.717) is 0 Å². The Labute approximate surface area is 108 Å². The van der Waals surface area contributed by atoms with Gasteiger partial charge in [0, 0.05) is 0 Å². The zero-order valence-electron chi connectivity index (χ0n) is 10.9. The smallest absolute Gasteiger partial charge is 0.124 e. The fourth-order valence-electron chi connectivity index (χ4n) is 2.43. The van der Waals surface area contributed by atoms with E-state index in [1.165, 1.54) is 10.8 Å². The van der Waals surface area contributed by atoms with E-state index in [2.05, 4.69) is 49.1 Å². The maximum absolute atomic E-state index is 9.48. The molecule has 0 N–H and O–H groups in total. The quantitative estimate of drug-likeness (QED) is 0.811. The zero-order chi connectivity index (χ0) is 13.0. The van der Waals surface area contributed by atoms with Gasteiger partial charge in [-0.3, -0.25) is 4.90 Å². The van der Waals surface area contributed by atoms with Crippen molar-refractivity contribution in [2.75, 3.05) is 13.1 Å². The molecule has 0 aliphatic heterocycles. The van der Waals surface area contributed by atoms with Crippen LogP contribution in [0.25, 0.3) is 10.8 Å². The first-order valence-electron chi connectivity index (χ1n) is 6.43. The standard InChI is InChI=1S/C16H18N2/c1-3-18(4-2)16(12-17)15-11-7-9-13-8-5-6-10-14(13)15/h5-11,16H,3-4H2,1-2H3/t16-/m0/s1. The van der Waals surface area contributed by atoms with Gasteiger partial charge < -0.3 is 0 Å². The summed E-state index contributed by atoms with van der Waals surface area (Å²) in [5, 5.41) is 11.9. The highest BCUT2D eigenvalue weighted by Gasteiger charge is 2.18. The second kappa shape index (κ2) is 5.66. The summed E-state index contributed by atoms with van der Waals surface area (Å²) < 4.78 is 0. The lowest BCUT2D eigenvalue weighted by Gasteiger charge is -2.25. The number of rotatable bonds is 4. The van der Waals surface area contributed by atoms with E-state index < -0.39 is 0 Å². The van der Waals surface area contributed by atoms with Gasteiger partial charge in [0.15, 0.2) is 0 Å². The van der Waals surface area contributed by atoms with E-state index in [4.69, 9.17) is 0 Å². The van der Waals surface area contributed by atoms with Crippen molar-refractivity contribution in [3.63, 3.8) is 0 Å². The van der Waals surface area contributed by atoms with Gasteiger partial charge in [-0.1, -0.05) is 56.3 Å². The highest BCUT2D eigenvalue weighted by Crippen LogP contribution is 2.27. The maximum atomic E-state index is 9.48. The average Bonchev–Trinajstić information content (AvgIpc) is 2.44. The molecule has 0 saturated carbocycles. The molecule has 0 aliphatic rings. The van der Waals surface area contributed by atoms with Crippen molar-refractivity contribution in [2.45, 2.75) is 19.9 Å². The van der Waals surface area contributed by atoms with Crippen LogP contribution in [0.5, 0.6) is 0 Å². The van der Waals surface area contributed by atoms with Gasteiger partial charge in [-0.2, -0.15) is 5.26 Å². The molecule has 18 heavy (non-hydrogen) atoms. The van der Waals surface area contributed by atoms with Gasteiger partial charge in [-0.15, -0.1) is 0 Å². The minimum absolute atomic E-state index is 0.161. The van der Waals surface area contributed by atoms with Crippen LogP contribution in [-0.4, -0.2) is 18.0 Å². The summed E-state index contributed by atoms with van der Waals surface area (Å²) in [5.74, 6) is 0. The van der Waals surface area contributed by atoms with Crippen molar-refractivity contribution in [2.24, 2.45) is 0 Å². The number of hydrogen-bond donors (Lipinski definition) is 0. The molecule has 2 aromatic carbocycles. The second-order valence-corrected chi connectivity index (χ2v) is 4.32. The van der Waals surface area contributed by atoms with Gasteiger partial charge in [-0.25, -0.2) is 0 Å². The first-order chi connectivity index (χ1) is 8.81. The van der Waals surface area contributed by atoms with Crippen LogP contribution >= 0.6 is 0 Å². The highest BCUT2D eigenvalue weighted by molar-refractivity contribution is 5.86. The Bertz CT molecular complexity index is 559. The molecule has 2 aromatic rings. The van der Waals surface area contributed by atoms with Crippen LogP contribution in [0, 0.1) is 11.3 Å². The van der Waals surface area contributed by atoms with Crippen molar-refractivity contribution in [3.05, 3.63) is 48.0 Å². The summed E-state index contributed by atoms with van der Waals surface area (Å²) in [6, 6.07) is 16.7. The van der Waals surface area contributed by atoms with Crippen LogP contribution in [0.4, 0.5) is 0 Å². The lowest BCUT2D eigenvalue weighted by Crippen LogP contribution is -2.27. The van der Waals surface area contributed by atoms with Crippen LogP contribution in [0.1, 0.15) is 25.5 Å². The van der Waals surface area contributed by atoms with Crippen molar-refractivity contribution < 1.29 is 0 Å². The minimum Gasteiger partial charge on any atom is -0.285 e. The molecule has 0 fully saturated rings. The minimum atomic E-state index is -0.161. The van der Waals surface area contributed by atoms with E-state index in [-0.39, 0.29) is 6.04 Å². The SMILES string of the molecule is CCN(CC)[C@@H](C#N)c1cccc2ccccc12. The maximum Gasteiger partial charge on any atom is 0.124 e. The van der Waals surface area contributed by atoms with Crippen molar-refractivity contribution in [3.8, 4) is 6.07 Å². The summed E-state index contributed by atoms with van der Waals surface area (Å²) in [5.41, 5.74) is 1.11. The molecule has 0 spiro atoms. The molecular weight excluding hydrogens is 220 g/mol. The molecule has 0 radical (unpaired) electrons. The van der Waals surface area contributed by atoms with Gasteiger partial charge >= 0.3 is 0 Å². The summed E-state index contributed by atoms with van der Waals surface area (Å²) in [6.07, 6.45) is 0. The number of hydrogen-bond acceptors (Lipinski definition) is 2. The van der Waals surface area contributed by atoms with Gasteiger partial charge in [0.2, 0.25) is 0 Å². The topological polar surface area (TPSA) is 27.0 Å². The largest absolute Gasteiger partial charge is 0.285 e. The van der Waals surface area contributed by atoms with Gasteiger partial charge in [0.25, 0.3) is 0 Å². The van der Waals surface area contributed by atoms with E-state index >= 15 is 0 Å². The van der Waals surface area contributed by atoms with E-state index in [0.717, 1.165) is 18.7 Å². The van der Waals surface area contributed by atoms with Crippen molar-refractivity contribution >= 4 is 10.8 Å². The van der Waals surface area contributed by atoms with Crippen LogP contribution in [-0.2, 0) is 0 Å². The van der Waals surface area contributed by atoms with Crippen molar-refractivity contribution in [1.29, 1.82) is 5.26 Å². The molecule has 2 nitrogen and oxygen atoms in total. The summed E-state index contributed by atoms with van der Waals surface area (Å²) in [4.78, 5) is 2.18. The number of nitriles is 1. The van der Waals surface area contributed by atoms with Gasteiger partial charge in [0.1, 0.15) is 6.04 Å². The molecule has 0 saturated heterocycles. The molecule has 0 bridgehead atoms. The molecular formula is C16H18N2. The fourth-order valence-corrected chi connectivity index (χ4v) is 2.43. The summed E-state index contributed by atoms with van der Waals surface area (Å²) in [7, 11) is 0. The third-order valence-electron chi connectivity index (χ3n) is 3.42. The van der Waals surface area contributed by atoms with Gasteiger partial charge in [-0.05, 0) is 29.4 Å². The average molecular weight is 238 g/mol. The fraction of sp³-hybridized carbons (Fsp3) is 0.312. The Hall–Kier alpha value is -1.85. The molecule has 1 atom stereocenters. The third kappa shape index (κ3) is 2.23. The molecule has 92 valence electrons. The predicted octanol–water partition coefficient (Wildman–Crippen LogP) is 3.75. The molecule has 0 heterocycles. The first kappa shape index (κ1) is 12.6. The first-order valence-corrected chi connectivity index (χ1v) is 6.43. The zero-order valence-corrected chi connectivity index (χ0v) is 10.9. The number of benzene rings is 2. The predicted molar refractivity (Wildman–Crippen MR) is 75.2 cm³/mol. The van der Waals surface area contributed by atoms with E-state index in [1.54, 1.807) is 0 Å². The van der Waals surface area contributed by atoms with Crippen LogP contribution < -0.4 is 0 Å². The highest BCUT2D eigenvalue weighted by atomic mass is 15.1. The monoisotopic (exact) mass is 238 g/mol. The van der Waals surface area contributed by atoms with Gasteiger partial charge in [0.05, 0.1) is 6.07 Å². The summed E-state index contributed by atoms with van der Waals surface area (Å²) >= 11 is 0. The molecule has 0 aromatic heterocycles. The Morgan fingerprint density at radius 3 is 2.39 bits per heavy atom. The molecule has 0 amide bonds. The lowest BCUT2D eigenvalue weighted by atomic mass is 9.98. The number of fused-ring (bicyclic) bond motifs is 1. The molecule has 0 unspecified atom stereocenters. The summed E-state index contributed by atoms with van der Waals surface area (Å²) in [6.45, 7) is 5.97. The van der Waals surface area contributed by atoms with Crippen molar-refractivity contribution in [1.82, 2.24) is 4.90 Å². The van der Waals surface area contributed by atoms with E-state index in [9.17, 15) is 5.26 Å². The Kier molecular flexibility index (Phi) is 3.96. The second-order valence-electron chi connectivity index (χ2n) is 4.32. The lowest BCUT2D eigenvalue weighted by molar-refractivity contribution is 0.264. The molecule has 0 aliphatic carbocycles. The third-order valence-corrected chi connectivity index (χ3v) is 3.42. The van der Waals surface area contributed by atoms with Crippen LogP contribution in [0.2, 0.25) is 0 Å². The normalized spacial score (nSPS) is 12.6. The molecule has 2 heteroatoms. The van der Waals surface area contributed by atoms with Crippen LogP contribution in [0.15, 0.2) is 42.5 Å².